The Kier molecular flexibility index (Phi) is 9.95. The summed E-state index contributed by atoms with van der Waals surface area (Å²) in [6.07, 6.45) is 2.38. The topological polar surface area (TPSA) is 98.1 Å². The number of hydrogen-bond donors (Lipinski definition) is 2. The van der Waals surface area contributed by atoms with Crippen molar-refractivity contribution in [2.24, 2.45) is 5.92 Å². The molecule has 0 aliphatic rings. The van der Waals surface area contributed by atoms with E-state index >= 15 is 0 Å². The minimum absolute atomic E-state index is 0.141. The van der Waals surface area contributed by atoms with Gasteiger partial charge in [-0.2, -0.15) is 0 Å². The molecule has 2 amide bonds. The quantitative estimate of drug-likeness (QED) is 0.242. The van der Waals surface area contributed by atoms with E-state index in [-0.39, 0.29) is 23.5 Å². The van der Waals surface area contributed by atoms with Crippen molar-refractivity contribution >= 4 is 40.9 Å². The number of carbonyl (C=O) groups excluding carboxylic acids is 2. The van der Waals surface area contributed by atoms with Gasteiger partial charge in [0, 0.05) is 12.2 Å². The van der Waals surface area contributed by atoms with Crippen molar-refractivity contribution in [1.82, 2.24) is 20.1 Å². The standard InChI is InChI=1S/C26H30ClN5O3S/c1-5-14-32-24(22(15-17(2)3)29-25(34)20-8-6-7-9-21(20)27)30-31-26(32)36-16-23(33)28-18-10-12-19(35-4)13-11-18/h5-13,17,22H,1,14-16H2,2-4H3,(H,28,33)(H,29,34)/t22-/m0/s1. The van der Waals surface area contributed by atoms with Crippen LogP contribution in [0.5, 0.6) is 5.75 Å². The summed E-state index contributed by atoms with van der Waals surface area (Å²) >= 11 is 7.50. The predicted molar refractivity (Wildman–Crippen MR) is 144 cm³/mol. The Bertz CT molecular complexity index is 1200. The molecule has 1 heterocycles. The molecule has 0 radical (unpaired) electrons. The fourth-order valence-electron chi connectivity index (χ4n) is 3.55. The number of thioether (sulfide) groups is 1. The minimum atomic E-state index is -0.399. The number of halogens is 1. The summed E-state index contributed by atoms with van der Waals surface area (Å²) < 4.78 is 7.01. The maximum Gasteiger partial charge on any atom is 0.253 e. The molecular weight excluding hydrogens is 498 g/mol. The predicted octanol–water partition coefficient (Wildman–Crippen LogP) is 5.37. The van der Waals surface area contributed by atoms with E-state index in [1.54, 1.807) is 61.7 Å². The van der Waals surface area contributed by atoms with Gasteiger partial charge in [0.1, 0.15) is 5.75 Å². The lowest BCUT2D eigenvalue weighted by molar-refractivity contribution is -0.113. The molecule has 0 fully saturated rings. The van der Waals surface area contributed by atoms with E-state index in [0.29, 0.717) is 46.0 Å². The van der Waals surface area contributed by atoms with Crippen LogP contribution >= 0.6 is 23.4 Å². The molecule has 0 aliphatic heterocycles. The molecule has 0 spiro atoms. The Hall–Kier alpha value is -3.30. The highest BCUT2D eigenvalue weighted by Gasteiger charge is 2.25. The smallest absolute Gasteiger partial charge is 0.253 e. The van der Waals surface area contributed by atoms with Crippen LogP contribution in [0.2, 0.25) is 5.02 Å². The zero-order valence-electron chi connectivity index (χ0n) is 20.5. The number of rotatable bonds is 12. The van der Waals surface area contributed by atoms with E-state index < -0.39 is 6.04 Å². The third kappa shape index (κ3) is 7.35. The number of benzene rings is 2. The lowest BCUT2D eigenvalue weighted by Crippen LogP contribution is -2.32. The van der Waals surface area contributed by atoms with Gasteiger partial charge in [-0.05, 0) is 48.7 Å². The van der Waals surface area contributed by atoms with E-state index in [2.05, 4.69) is 41.3 Å². The molecule has 0 unspecified atom stereocenters. The van der Waals surface area contributed by atoms with Gasteiger partial charge in [-0.3, -0.25) is 9.59 Å². The van der Waals surface area contributed by atoms with Crippen LogP contribution in [-0.4, -0.2) is 39.4 Å². The highest BCUT2D eigenvalue weighted by Crippen LogP contribution is 2.26. The number of aromatic nitrogens is 3. The second kappa shape index (κ2) is 13.1. The summed E-state index contributed by atoms with van der Waals surface area (Å²) in [4.78, 5) is 25.5. The van der Waals surface area contributed by atoms with Crippen LogP contribution in [0.25, 0.3) is 0 Å². The van der Waals surface area contributed by atoms with Crippen LogP contribution in [0, 0.1) is 5.92 Å². The molecule has 1 aromatic heterocycles. The highest BCUT2D eigenvalue weighted by molar-refractivity contribution is 7.99. The van der Waals surface area contributed by atoms with Gasteiger partial charge in [-0.15, -0.1) is 16.8 Å². The largest absolute Gasteiger partial charge is 0.497 e. The van der Waals surface area contributed by atoms with E-state index in [4.69, 9.17) is 16.3 Å². The molecule has 0 saturated heterocycles. The Morgan fingerprint density at radius 1 is 1.17 bits per heavy atom. The van der Waals surface area contributed by atoms with Gasteiger partial charge in [0.25, 0.3) is 5.91 Å². The second-order valence-electron chi connectivity index (χ2n) is 8.44. The first-order valence-corrected chi connectivity index (χ1v) is 12.8. The fourth-order valence-corrected chi connectivity index (χ4v) is 4.52. The first kappa shape index (κ1) is 27.3. The number of ether oxygens (including phenoxy) is 1. The van der Waals surface area contributed by atoms with Gasteiger partial charge in [0.2, 0.25) is 5.91 Å². The van der Waals surface area contributed by atoms with Gasteiger partial charge in [0.15, 0.2) is 11.0 Å². The molecular formula is C26H30ClN5O3S. The average molecular weight is 528 g/mol. The molecule has 0 saturated carbocycles. The second-order valence-corrected chi connectivity index (χ2v) is 9.79. The third-order valence-electron chi connectivity index (χ3n) is 5.21. The van der Waals surface area contributed by atoms with Crippen LogP contribution < -0.4 is 15.4 Å². The van der Waals surface area contributed by atoms with Crippen molar-refractivity contribution in [3.63, 3.8) is 0 Å². The number of hydrogen-bond acceptors (Lipinski definition) is 6. The Morgan fingerprint density at radius 2 is 1.89 bits per heavy atom. The van der Waals surface area contributed by atoms with Crippen molar-refractivity contribution in [3.8, 4) is 5.75 Å². The molecule has 8 nitrogen and oxygen atoms in total. The number of nitrogens with zero attached hydrogens (tertiary/aromatic N) is 3. The van der Waals surface area contributed by atoms with Gasteiger partial charge < -0.3 is 19.9 Å². The summed E-state index contributed by atoms with van der Waals surface area (Å²) in [5.74, 6) is 1.27. The molecule has 190 valence electrons. The molecule has 36 heavy (non-hydrogen) atoms. The number of nitrogens with one attached hydrogen (secondary N) is 2. The van der Waals surface area contributed by atoms with E-state index in [1.807, 2.05) is 4.57 Å². The first-order chi connectivity index (χ1) is 17.3. The SMILES string of the molecule is C=CCn1c(SCC(=O)Nc2ccc(OC)cc2)nnc1[C@H](CC(C)C)NC(=O)c1ccccc1Cl. The molecule has 0 bridgehead atoms. The zero-order valence-corrected chi connectivity index (χ0v) is 22.1. The number of methoxy groups -OCH3 is 1. The van der Waals surface area contributed by atoms with Crippen molar-refractivity contribution in [2.75, 3.05) is 18.2 Å². The number of anilines is 1. The van der Waals surface area contributed by atoms with Gasteiger partial charge >= 0.3 is 0 Å². The molecule has 0 aliphatic carbocycles. The Balaban J connectivity index is 1.75. The van der Waals surface area contributed by atoms with Crippen LogP contribution in [0.4, 0.5) is 5.69 Å². The molecule has 2 N–H and O–H groups in total. The Labute approximate surface area is 220 Å². The van der Waals surface area contributed by atoms with Crippen LogP contribution in [0.1, 0.15) is 42.5 Å². The van der Waals surface area contributed by atoms with Gasteiger partial charge in [-0.1, -0.05) is 55.4 Å². The summed E-state index contributed by atoms with van der Waals surface area (Å²) in [6, 6.07) is 13.6. The Morgan fingerprint density at radius 3 is 2.53 bits per heavy atom. The first-order valence-electron chi connectivity index (χ1n) is 11.5. The van der Waals surface area contributed by atoms with Crippen molar-refractivity contribution < 1.29 is 14.3 Å². The summed E-state index contributed by atoms with van der Waals surface area (Å²) in [5.41, 5.74) is 1.07. The summed E-state index contributed by atoms with van der Waals surface area (Å²) in [5, 5.41) is 15.6. The summed E-state index contributed by atoms with van der Waals surface area (Å²) in [7, 11) is 1.59. The van der Waals surface area contributed by atoms with Crippen LogP contribution in [-0.2, 0) is 11.3 Å². The van der Waals surface area contributed by atoms with Gasteiger partial charge in [-0.25, -0.2) is 0 Å². The number of carbonyl (C=O) groups is 2. The molecule has 1 atom stereocenters. The highest BCUT2D eigenvalue weighted by atomic mass is 35.5. The average Bonchev–Trinajstić information content (AvgIpc) is 3.25. The minimum Gasteiger partial charge on any atom is -0.497 e. The lowest BCUT2D eigenvalue weighted by atomic mass is 10.0. The zero-order chi connectivity index (χ0) is 26.1. The maximum atomic E-state index is 13.0. The van der Waals surface area contributed by atoms with Crippen molar-refractivity contribution in [2.45, 2.75) is 38.0 Å². The van der Waals surface area contributed by atoms with Crippen LogP contribution in [0.15, 0.2) is 66.3 Å². The van der Waals surface area contributed by atoms with Crippen molar-refractivity contribution in [1.29, 1.82) is 0 Å². The molecule has 3 rings (SSSR count). The van der Waals surface area contributed by atoms with E-state index in [1.165, 1.54) is 11.8 Å². The van der Waals surface area contributed by atoms with E-state index in [0.717, 1.165) is 0 Å². The third-order valence-corrected chi connectivity index (χ3v) is 6.50. The lowest BCUT2D eigenvalue weighted by Gasteiger charge is -2.21. The molecule has 3 aromatic rings. The summed E-state index contributed by atoms with van der Waals surface area (Å²) in [6.45, 7) is 8.42. The molecule has 10 heteroatoms. The normalized spacial score (nSPS) is 11.7. The number of allylic oxidation sites excluding steroid dienone is 1. The maximum absolute atomic E-state index is 13.0. The molecule has 2 aromatic carbocycles. The van der Waals surface area contributed by atoms with Gasteiger partial charge in [0.05, 0.1) is 29.5 Å². The number of amides is 2. The van der Waals surface area contributed by atoms with Crippen molar-refractivity contribution in [3.05, 3.63) is 77.6 Å². The monoisotopic (exact) mass is 527 g/mol. The fraction of sp³-hybridized carbons (Fsp3) is 0.308. The van der Waals surface area contributed by atoms with Crippen LogP contribution in [0.3, 0.4) is 0 Å². The van der Waals surface area contributed by atoms with E-state index in [9.17, 15) is 9.59 Å².